The van der Waals surface area contributed by atoms with E-state index in [9.17, 15) is 14.7 Å². The highest BCUT2D eigenvalue weighted by atomic mass is 35.5. The molecule has 4 heterocycles. The predicted octanol–water partition coefficient (Wildman–Crippen LogP) is 0.798. The lowest BCUT2D eigenvalue weighted by Gasteiger charge is -1.95. The Bertz CT molecular complexity index is 1170. The lowest BCUT2D eigenvalue weighted by molar-refractivity contribution is 0.0578. The lowest BCUT2D eigenvalue weighted by atomic mass is 10.4. The van der Waals surface area contributed by atoms with Gasteiger partial charge in [0.2, 0.25) is 5.88 Å². The third-order valence-corrected chi connectivity index (χ3v) is 3.82. The number of esters is 2. The van der Waals surface area contributed by atoms with Crippen molar-refractivity contribution in [2.24, 2.45) is 0 Å². The zero-order valence-corrected chi connectivity index (χ0v) is 16.9. The van der Waals surface area contributed by atoms with Crippen molar-refractivity contribution in [1.82, 2.24) is 39.2 Å². The smallest absolute Gasteiger partial charge is 0.378 e. The van der Waals surface area contributed by atoms with Crippen LogP contribution in [0.2, 0.25) is 5.15 Å². The Hall–Kier alpha value is -3.87. The quantitative estimate of drug-likeness (QED) is 0.351. The maximum absolute atomic E-state index is 11.1. The molecule has 4 rings (SSSR count). The number of hydrogen-bond donors (Lipinski definition) is 1. The van der Waals surface area contributed by atoms with Crippen molar-refractivity contribution in [1.29, 1.82) is 0 Å². The fourth-order valence-electron chi connectivity index (χ4n) is 2.27. The van der Waals surface area contributed by atoms with E-state index in [4.69, 9.17) is 11.6 Å². The Morgan fingerprint density at radius 2 is 1.33 bits per heavy atom. The highest BCUT2D eigenvalue weighted by Gasteiger charge is 2.16. The molecule has 0 spiro atoms. The van der Waals surface area contributed by atoms with Crippen LogP contribution in [0.4, 0.5) is 0 Å². The summed E-state index contributed by atoms with van der Waals surface area (Å²) in [4.78, 5) is 38.0. The van der Waals surface area contributed by atoms with Gasteiger partial charge in [0, 0.05) is 17.5 Å². The van der Waals surface area contributed by atoms with Crippen LogP contribution in [0.3, 0.4) is 0 Å². The second-order valence-electron chi connectivity index (χ2n) is 5.75. The highest BCUT2D eigenvalue weighted by Crippen LogP contribution is 2.12. The first-order valence-corrected chi connectivity index (χ1v) is 8.61. The van der Waals surface area contributed by atoms with Crippen LogP contribution in [-0.4, -0.2) is 70.4 Å². The second-order valence-corrected chi connectivity index (χ2v) is 6.14. The van der Waals surface area contributed by atoms with Crippen molar-refractivity contribution < 1.29 is 24.2 Å². The summed E-state index contributed by atoms with van der Waals surface area (Å²) < 4.78 is 11.3. The topological polar surface area (TPSA) is 159 Å². The number of nitrogens with zero attached hydrogens (tertiary/aromatic N) is 8. The van der Waals surface area contributed by atoms with Crippen LogP contribution in [-0.2, 0) is 9.47 Å². The first kappa shape index (κ1) is 20.9. The van der Waals surface area contributed by atoms with E-state index in [0.717, 1.165) is 4.52 Å². The van der Waals surface area contributed by atoms with E-state index >= 15 is 0 Å². The number of aryl methyl sites for hydroxylation is 2. The lowest BCUT2D eigenvalue weighted by Crippen LogP contribution is -2.03. The number of aromatic hydroxyl groups is 1. The van der Waals surface area contributed by atoms with Gasteiger partial charge in [0.25, 0.3) is 23.2 Å². The van der Waals surface area contributed by atoms with Gasteiger partial charge in [-0.25, -0.2) is 19.6 Å². The molecule has 156 valence electrons. The fraction of sp³-hybridized carbons (Fsp3) is 0.250. The van der Waals surface area contributed by atoms with Crippen LogP contribution in [0.25, 0.3) is 11.6 Å². The first-order chi connectivity index (χ1) is 14.2. The Morgan fingerprint density at radius 3 is 1.87 bits per heavy atom. The van der Waals surface area contributed by atoms with E-state index < -0.39 is 11.9 Å². The molecule has 0 saturated heterocycles. The van der Waals surface area contributed by atoms with Crippen molar-refractivity contribution in [2.75, 3.05) is 14.2 Å². The molecule has 0 aliphatic carbocycles. The van der Waals surface area contributed by atoms with Gasteiger partial charge in [0.15, 0.2) is 0 Å². The van der Waals surface area contributed by atoms with Crippen LogP contribution in [0.1, 0.15) is 32.6 Å². The van der Waals surface area contributed by atoms with Crippen molar-refractivity contribution in [3.8, 4) is 5.88 Å². The first-order valence-electron chi connectivity index (χ1n) is 8.23. The number of rotatable bonds is 2. The normalized spacial score (nSPS) is 10.6. The minimum Gasteiger partial charge on any atom is -0.493 e. The van der Waals surface area contributed by atoms with Crippen molar-refractivity contribution in [2.45, 2.75) is 13.8 Å². The standard InChI is InChI=1S/C8H7ClN4O2.C8H8N4O3/c1-4-3-5(9)13-8(10-4)11-6(12-13)7(14)15-2;1-4-3-5(13)12-8(9-4)10-6(11-12)7(14)15-2/h3H,1-2H3;3,13H,1-2H3. The molecule has 0 amide bonds. The van der Waals surface area contributed by atoms with Gasteiger partial charge in [-0.1, -0.05) is 11.6 Å². The van der Waals surface area contributed by atoms with Crippen LogP contribution in [0.5, 0.6) is 5.88 Å². The third kappa shape index (κ3) is 4.10. The van der Waals surface area contributed by atoms with Gasteiger partial charge >= 0.3 is 11.9 Å². The van der Waals surface area contributed by atoms with Gasteiger partial charge in [0.05, 0.1) is 14.2 Å². The molecule has 0 fully saturated rings. The number of methoxy groups -OCH3 is 2. The van der Waals surface area contributed by atoms with Gasteiger partial charge < -0.3 is 14.6 Å². The fourth-order valence-corrected chi connectivity index (χ4v) is 2.54. The monoisotopic (exact) mass is 434 g/mol. The molecule has 0 aromatic carbocycles. The molecular weight excluding hydrogens is 420 g/mol. The molecule has 0 bridgehead atoms. The highest BCUT2D eigenvalue weighted by molar-refractivity contribution is 6.29. The van der Waals surface area contributed by atoms with Gasteiger partial charge in [0.1, 0.15) is 5.15 Å². The molecule has 0 unspecified atom stereocenters. The molecule has 30 heavy (non-hydrogen) atoms. The molecule has 1 N–H and O–H groups in total. The summed E-state index contributed by atoms with van der Waals surface area (Å²) in [5.74, 6) is -1.16. The summed E-state index contributed by atoms with van der Waals surface area (Å²) in [6.45, 7) is 3.48. The van der Waals surface area contributed by atoms with E-state index in [1.54, 1.807) is 19.9 Å². The van der Waals surface area contributed by atoms with E-state index in [1.165, 1.54) is 24.8 Å². The average molecular weight is 435 g/mol. The van der Waals surface area contributed by atoms with E-state index in [1.807, 2.05) is 0 Å². The van der Waals surface area contributed by atoms with Crippen molar-refractivity contribution in [3.05, 3.63) is 40.3 Å². The van der Waals surface area contributed by atoms with Gasteiger partial charge in [-0.3, -0.25) is 0 Å². The molecule has 0 atom stereocenters. The molecule has 0 aliphatic heterocycles. The van der Waals surface area contributed by atoms with Crippen LogP contribution in [0, 0.1) is 13.8 Å². The number of carbonyl (C=O) groups excluding carboxylic acids is 2. The molecule has 13 nitrogen and oxygen atoms in total. The Balaban J connectivity index is 0.000000171. The van der Waals surface area contributed by atoms with Crippen molar-refractivity contribution in [3.63, 3.8) is 0 Å². The predicted molar refractivity (Wildman–Crippen MR) is 100 cm³/mol. The number of halogens is 1. The molecule has 4 aromatic heterocycles. The molecular formula is C16H15ClN8O5. The second kappa shape index (κ2) is 8.24. The average Bonchev–Trinajstić information content (AvgIpc) is 3.32. The maximum Gasteiger partial charge on any atom is 0.378 e. The van der Waals surface area contributed by atoms with Crippen LogP contribution < -0.4 is 0 Å². The molecule has 4 aromatic rings. The minimum atomic E-state index is -0.669. The van der Waals surface area contributed by atoms with E-state index in [-0.39, 0.29) is 29.1 Å². The summed E-state index contributed by atoms with van der Waals surface area (Å²) in [5.41, 5.74) is 1.29. The van der Waals surface area contributed by atoms with E-state index in [2.05, 4.69) is 39.6 Å². The van der Waals surface area contributed by atoms with Gasteiger partial charge in [-0.2, -0.15) is 19.0 Å². The van der Waals surface area contributed by atoms with Crippen molar-refractivity contribution >= 4 is 35.1 Å². The van der Waals surface area contributed by atoms with Gasteiger partial charge in [-0.05, 0) is 19.9 Å². The molecule has 14 heteroatoms. The summed E-state index contributed by atoms with van der Waals surface area (Å²) in [7, 11) is 2.49. The summed E-state index contributed by atoms with van der Waals surface area (Å²) >= 11 is 5.89. The molecule has 0 aliphatic rings. The third-order valence-electron chi connectivity index (χ3n) is 3.55. The zero-order valence-electron chi connectivity index (χ0n) is 16.2. The van der Waals surface area contributed by atoms with E-state index in [0.29, 0.717) is 16.5 Å². The summed E-state index contributed by atoms with van der Waals surface area (Å²) in [5, 5.41) is 17.4. The largest absolute Gasteiger partial charge is 0.493 e. The van der Waals surface area contributed by atoms with Crippen LogP contribution >= 0.6 is 11.6 Å². The molecule has 0 saturated carbocycles. The number of hydrogen-bond acceptors (Lipinski definition) is 11. The zero-order chi connectivity index (χ0) is 22.0. The van der Waals surface area contributed by atoms with Crippen LogP contribution in [0.15, 0.2) is 12.1 Å². The minimum absolute atomic E-state index is 0.0579. The number of aromatic nitrogens is 8. The number of carbonyl (C=O) groups is 2. The number of ether oxygens (including phenoxy) is 2. The Morgan fingerprint density at radius 1 is 0.867 bits per heavy atom. The summed E-state index contributed by atoms with van der Waals surface area (Å²) in [6, 6.07) is 3.05. The maximum atomic E-state index is 11.1. The summed E-state index contributed by atoms with van der Waals surface area (Å²) in [6.07, 6.45) is 0. The van der Waals surface area contributed by atoms with Gasteiger partial charge in [-0.15, -0.1) is 10.2 Å². The Kier molecular flexibility index (Phi) is 5.73. The SMILES string of the molecule is COC(=O)c1nc2nc(C)cc(Cl)n2n1.COC(=O)c1nc2nc(C)cc(O)n2n1. The Labute approximate surface area is 173 Å². The number of fused-ring (bicyclic) bond motifs is 2. The molecule has 0 radical (unpaired) electrons.